The maximum absolute atomic E-state index is 5.64. The van der Waals surface area contributed by atoms with Crippen LogP contribution in [0.15, 0.2) is 5.38 Å². The number of thiazole rings is 1. The number of aryl methyl sites for hydroxylation is 1. The van der Waals surface area contributed by atoms with Crippen LogP contribution in [-0.2, 0) is 6.42 Å². The topological polar surface area (TPSA) is 42.1 Å². The van der Waals surface area contributed by atoms with E-state index in [1.165, 1.54) is 5.69 Å². The molecule has 86 valence electrons. The molecule has 0 aliphatic heterocycles. The Balaban J connectivity index is 2.65. The summed E-state index contributed by atoms with van der Waals surface area (Å²) in [5, 5.41) is 3.28. The highest BCUT2D eigenvalue weighted by atomic mass is 32.1. The van der Waals surface area contributed by atoms with Crippen molar-refractivity contribution in [2.75, 3.05) is 24.5 Å². The maximum atomic E-state index is 5.64. The molecule has 0 saturated carbocycles. The lowest BCUT2D eigenvalue weighted by molar-refractivity contribution is 0.575. The third-order valence-electron chi connectivity index (χ3n) is 2.49. The summed E-state index contributed by atoms with van der Waals surface area (Å²) >= 11 is 1.73. The van der Waals surface area contributed by atoms with Crippen molar-refractivity contribution >= 4 is 16.5 Å². The van der Waals surface area contributed by atoms with E-state index in [4.69, 9.17) is 5.73 Å². The fourth-order valence-electron chi connectivity index (χ4n) is 1.40. The molecule has 0 aliphatic carbocycles. The van der Waals surface area contributed by atoms with Crippen molar-refractivity contribution in [1.82, 2.24) is 4.98 Å². The van der Waals surface area contributed by atoms with Gasteiger partial charge < -0.3 is 10.6 Å². The zero-order chi connectivity index (χ0) is 11.3. The van der Waals surface area contributed by atoms with Gasteiger partial charge >= 0.3 is 0 Å². The van der Waals surface area contributed by atoms with Gasteiger partial charge in [0.2, 0.25) is 0 Å². The zero-order valence-electron chi connectivity index (χ0n) is 9.86. The van der Waals surface area contributed by atoms with Gasteiger partial charge in [0, 0.05) is 18.5 Å². The predicted molar refractivity (Wildman–Crippen MR) is 67.6 cm³/mol. The molecule has 0 saturated heterocycles. The lowest BCUT2D eigenvalue weighted by atomic mass is 10.2. The van der Waals surface area contributed by atoms with Gasteiger partial charge in [-0.05, 0) is 25.8 Å². The van der Waals surface area contributed by atoms with Crippen molar-refractivity contribution in [3.8, 4) is 0 Å². The summed E-state index contributed by atoms with van der Waals surface area (Å²) in [4.78, 5) is 6.90. The number of nitrogens with zero attached hydrogens (tertiary/aromatic N) is 2. The molecule has 0 bridgehead atoms. The minimum atomic E-state index is 0.527. The van der Waals surface area contributed by atoms with E-state index in [0.29, 0.717) is 5.92 Å². The Hall–Kier alpha value is -0.610. The molecule has 0 aliphatic rings. The molecular weight excluding hydrogens is 206 g/mol. The van der Waals surface area contributed by atoms with Crippen LogP contribution in [0.2, 0.25) is 0 Å². The van der Waals surface area contributed by atoms with Crippen LogP contribution in [0.25, 0.3) is 0 Å². The summed E-state index contributed by atoms with van der Waals surface area (Å²) in [6.45, 7) is 9.22. The fraction of sp³-hybridized carbons (Fsp3) is 0.727. The van der Waals surface area contributed by atoms with Crippen LogP contribution >= 0.6 is 11.3 Å². The van der Waals surface area contributed by atoms with Crippen LogP contribution < -0.4 is 10.6 Å². The SMILES string of the molecule is CCc1csc(N(CC)CC(C)CN)n1. The summed E-state index contributed by atoms with van der Waals surface area (Å²) in [6, 6.07) is 0. The second-order valence-electron chi connectivity index (χ2n) is 3.85. The van der Waals surface area contributed by atoms with E-state index >= 15 is 0 Å². The van der Waals surface area contributed by atoms with E-state index in [1.54, 1.807) is 11.3 Å². The van der Waals surface area contributed by atoms with E-state index in [0.717, 1.165) is 31.2 Å². The molecule has 3 nitrogen and oxygen atoms in total. The number of rotatable bonds is 6. The first-order valence-corrected chi connectivity index (χ1v) is 6.48. The Morgan fingerprint density at radius 1 is 1.53 bits per heavy atom. The number of anilines is 1. The van der Waals surface area contributed by atoms with Gasteiger partial charge in [-0.3, -0.25) is 0 Å². The highest BCUT2D eigenvalue weighted by Gasteiger charge is 2.11. The number of nitrogens with two attached hydrogens (primary N) is 1. The second kappa shape index (κ2) is 6.08. The molecule has 0 spiro atoms. The quantitative estimate of drug-likeness (QED) is 0.809. The Morgan fingerprint density at radius 2 is 2.27 bits per heavy atom. The van der Waals surface area contributed by atoms with Gasteiger partial charge in [-0.15, -0.1) is 11.3 Å². The number of hydrogen-bond acceptors (Lipinski definition) is 4. The van der Waals surface area contributed by atoms with Crippen LogP contribution in [0.4, 0.5) is 5.13 Å². The van der Waals surface area contributed by atoms with Crippen LogP contribution in [0.3, 0.4) is 0 Å². The Bertz CT molecular complexity index is 285. The van der Waals surface area contributed by atoms with Crippen molar-refractivity contribution in [3.05, 3.63) is 11.1 Å². The number of aromatic nitrogens is 1. The fourth-order valence-corrected chi connectivity index (χ4v) is 2.38. The van der Waals surface area contributed by atoms with Gasteiger partial charge in [0.15, 0.2) is 5.13 Å². The summed E-state index contributed by atoms with van der Waals surface area (Å²) in [7, 11) is 0. The third-order valence-corrected chi connectivity index (χ3v) is 3.44. The van der Waals surface area contributed by atoms with E-state index in [9.17, 15) is 0 Å². The highest BCUT2D eigenvalue weighted by Crippen LogP contribution is 2.21. The zero-order valence-corrected chi connectivity index (χ0v) is 10.7. The molecule has 0 aromatic carbocycles. The van der Waals surface area contributed by atoms with E-state index in [2.05, 4.69) is 36.0 Å². The van der Waals surface area contributed by atoms with Crippen LogP contribution in [-0.4, -0.2) is 24.6 Å². The third kappa shape index (κ3) is 3.47. The van der Waals surface area contributed by atoms with E-state index < -0.39 is 0 Å². The first kappa shape index (κ1) is 12.5. The minimum Gasteiger partial charge on any atom is -0.348 e. The molecule has 0 amide bonds. The lowest BCUT2D eigenvalue weighted by Crippen LogP contribution is -2.31. The van der Waals surface area contributed by atoms with Crippen molar-refractivity contribution in [3.63, 3.8) is 0 Å². The molecule has 4 heteroatoms. The van der Waals surface area contributed by atoms with Gasteiger partial charge in [-0.25, -0.2) is 4.98 Å². The molecular formula is C11H21N3S. The minimum absolute atomic E-state index is 0.527. The van der Waals surface area contributed by atoms with E-state index in [1.807, 2.05) is 0 Å². The van der Waals surface area contributed by atoms with Crippen LogP contribution in [0, 0.1) is 5.92 Å². The molecule has 1 aromatic heterocycles. The monoisotopic (exact) mass is 227 g/mol. The predicted octanol–water partition coefficient (Wildman–Crippen LogP) is 2.13. The van der Waals surface area contributed by atoms with Crippen molar-refractivity contribution in [2.24, 2.45) is 11.7 Å². The average Bonchev–Trinajstić information content (AvgIpc) is 2.73. The molecule has 1 aromatic rings. The van der Waals surface area contributed by atoms with Crippen molar-refractivity contribution < 1.29 is 0 Å². The summed E-state index contributed by atoms with van der Waals surface area (Å²) in [6.07, 6.45) is 1.01. The summed E-state index contributed by atoms with van der Waals surface area (Å²) in [5.41, 5.74) is 6.83. The Labute approximate surface area is 96.3 Å². The first-order chi connectivity index (χ1) is 7.21. The maximum Gasteiger partial charge on any atom is 0.185 e. The molecule has 1 atom stereocenters. The molecule has 1 unspecified atom stereocenters. The van der Waals surface area contributed by atoms with Crippen LogP contribution in [0.5, 0.6) is 0 Å². The first-order valence-electron chi connectivity index (χ1n) is 5.60. The van der Waals surface area contributed by atoms with Gasteiger partial charge in [0.1, 0.15) is 0 Å². The van der Waals surface area contributed by atoms with Gasteiger partial charge in [0.25, 0.3) is 0 Å². The molecule has 0 fully saturated rings. The highest BCUT2D eigenvalue weighted by molar-refractivity contribution is 7.13. The van der Waals surface area contributed by atoms with Gasteiger partial charge in [-0.2, -0.15) is 0 Å². The average molecular weight is 227 g/mol. The van der Waals surface area contributed by atoms with Crippen LogP contribution in [0.1, 0.15) is 26.5 Å². The molecule has 0 radical (unpaired) electrons. The Kier molecular flexibility index (Phi) is 5.05. The number of hydrogen-bond donors (Lipinski definition) is 1. The molecule has 1 rings (SSSR count). The van der Waals surface area contributed by atoms with Crippen molar-refractivity contribution in [1.29, 1.82) is 0 Å². The lowest BCUT2D eigenvalue weighted by Gasteiger charge is -2.23. The van der Waals surface area contributed by atoms with Gasteiger partial charge in [0.05, 0.1) is 5.69 Å². The Morgan fingerprint density at radius 3 is 2.73 bits per heavy atom. The summed E-state index contributed by atoms with van der Waals surface area (Å²) in [5.74, 6) is 0.527. The standard InChI is InChI=1S/C11H21N3S/c1-4-10-8-15-11(13-10)14(5-2)7-9(3)6-12/h8-9H,4-7,12H2,1-3H3. The normalized spacial score (nSPS) is 12.8. The second-order valence-corrected chi connectivity index (χ2v) is 4.69. The smallest absolute Gasteiger partial charge is 0.185 e. The molecule has 15 heavy (non-hydrogen) atoms. The molecule has 1 heterocycles. The van der Waals surface area contributed by atoms with Crippen molar-refractivity contribution in [2.45, 2.75) is 27.2 Å². The van der Waals surface area contributed by atoms with E-state index in [-0.39, 0.29) is 0 Å². The summed E-state index contributed by atoms with van der Waals surface area (Å²) < 4.78 is 0. The molecule has 2 N–H and O–H groups in total. The largest absolute Gasteiger partial charge is 0.348 e. The van der Waals surface area contributed by atoms with Gasteiger partial charge in [-0.1, -0.05) is 13.8 Å².